The fourth-order valence-corrected chi connectivity index (χ4v) is 3.07. The van der Waals surface area contributed by atoms with Gasteiger partial charge in [-0.2, -0.15) is 0 Å². The van der Waals surface area contributed by atoms with Crippen molar-refractivity contribution in [3.8, 4) is 0 Å². The standard InChI is InChI=1S/C15H24N2O3/c1-4-15(2,3)17-13(19)10-12(18)16(14(17)20)11-8-6-5-7-9-11/h11H,4-10H2,1-3H3. The van der Waals surface area contributed by atoms with E-state index >= 15 is 0 Å². The lowest BCUT2D eigenvalue weighted by atomic mass is 9.92. The zero-order valence-electron chi connectivity index (χ0n) is 12.6. The maximum Gasteiger partial charge on any atom is 0.334 e. The number of imide groups is 2. The molecule has 1 saturated carbocycles. The molecule has 0 unspecified atom stereocenters. The molecule has 0 atom stereocenters. The molecule has 0 N–H and O–H groups in total. The summed E-state index contributed by atoms with van der Waals surface area (Å²) < 4.78 is 0. The number of hydrogen-bond donors (Lipinski definition) is 0. The smallest absolute Gasteiger partial charge is 0.274 e. The average Bonchev–Trinajstić information content (AvgIpc) is 2.39. The first-order valence-corrected chi connectivity index (χ1v) is 7.57. The Balaban J connectivity index is 2.26. The Morgan fingerprint density at radius 1 is 1.05 bits per heavy atom. The Hall–Kier alpha value is -1.39. The number of urea groups is 1. The Morgan fingerprint density at radius 2 is 1.65 bits per heavy atom. The molecule has 1 saturated heterocycles. The molecule has 112 valence electrons. The third-order valence-corrected chi connectivity index (χ3v) is 4.63. The Morgan fingerprint density at radius 3 is 2.20 bits per heavy atom. The number of rotatable bonds is 3. The van der Waals surface area contributed by atoms with Gasteiger partial charge in [-0.15, -0.1) is 0 Å². The van der Waals surface area contributed by atoms with Gasteiger partial charge in [-0.05, 0) is 33.1 Å². The Labute approximate surface area is 120 Å². The number of amides is 4. The molecule has 1 aliphatic carbocycles. The van der Waals surface area contributed by atoms with Gasteiger partial charge < -0.3 is 0 Å². The first-order chi connectivity index (χ1) is 9.38. The summed E-state index contributed by atoms with van der Waals surface area (Å²) in [6.45, 7) is 5.69. The quantitative estimate of drug-likeness (QED) is 0.747. The van der Waals surface area contributed by atoms with Crippen LogP contribution in [0.15, 0.2) is 0 Å². The van der Waals surface area contributed by atoms with E-state index < -0.39 is 11.6 Å². The first kappa shape index (κ1) is 15.0. The number of barbiturate groups is 1. The van der Waals surface area contributed by atoms with Gasteiger partial charge in [0.1, 0.15) is 6.42 Å². The van der Waals surface area contributed by atoms with E-state index in [0.29, 0.717) is 6.42 Å². The molecular weight excluding hydrogens is 256 g/mol. The second-order valence-corrected chi connectivity index (χ2v) is 6.41. The van der Waals surface area contributed by atoms with Crippen LogP contribution in [0.5, 0.6) is 0 Å². The van der Waals surface area contributed by atoms with Crippen LogP contribution in [-0.2, 0) is 9.59 Å². The maximum absolute atomic E-state index is 12.7. The Kier molecular flexibility index (Phi) is 4.16. The molecule has 20 heavy (non-hydrogen) atoms. The SMILES string of the molecule is CCC(C)(C)N1C(=O)CC(=O)N(C2CCCCC2)C1=O. The summed E-state index contributed by atoms with van der Waals surface area (Å²) in [5.74, 6) is -0.686. The maximum atomic E-state index is 12.7. The third kappa shape index (κ3) is 2.58. The highest BCUT2D eigenvalue weighted by molar-refractivity contribution is 6.14. The lowest BCUT2D eigenvalue weighted by Gasteiger charge is -2.44. The zero-order valence-corrected chi connectivity index (χ0v) is 12.6. The van der Waals surface area contributed by atoms with E-state index in [-0.39, 0.29) is 24.3 Å². The molecule has 2 fully saturated rings. The third-order valence-electron chi connectivity index (χ3n) is 4.63. The van der Waals surface area contributed by atoms with Crippen LogP contribution >= 0.6 is 0 Å². The predicted molar refractivity (Wildman–Crippen MR) is 74.9 cm³/mol. The molecule has 0 aromatic heterocycles. The normalized spacial score (nSPS) is 22.6. The first-order valence-electron chi connectivity index (χ1n) is 7.57. The summed E-state index contributed by atoms with van der Waals surface area (Å²) in [7, 11) is 0. The van der Waals surface area contributed by atoms with E-state index in [1.165, 1.54) is 9.80 Å². The van der Waals surface area contributed by atoms with Crippen molar-refractivity contribution in [2.45, 2.75) is 77.3 Å². The van der Waals surface area contributed by atoms with Gasteiger partial charge in [-0.3, -0.25) is 19.4 Å². The lowest BCUT2D eigenvalue weighted by Crippen LogP contribution is -2.63. The van der Waals surface area contributed by atoms with Crippen LogP contribution < -0.4 is 0 Å². The number of nitrogens with zero attached hydrogens (tertiary/aromatic N) is 2. The van der Waals surface area contributed by atoms with Gasteiger partial charge in [-0.25, -0.2) is 4.79 Å². The van der Waals surface area contributed by atoms with Gasteiger partial charge in [0.25, 0.3) is 0 Å². The summed E-state index contributed by atoms with van der Waals surface area (Å²) in [6, 6.07) is -0.433. The summed E-state index contributed by atoms with van der Waals surface area (Å²) >= 11 is 0. The molecule has 0 aromatic rings. The van der Waals surface area contributed by atoms with Crippen molar-refractivity contribution in [2.75, 3.05) is 0 Å². The fourth-order valence-electron chi connectivity index (χ4n) is 3.07. The minimum Gasteiger partial charge on any atom is -0.274 e. The van der Waals surface area contributed by atoms with E-state index in [0.717, 1.165) is 32.1 Å². The number of carbonyl (C=O) groups excluding carboxylic acids is 3. The van der Waals surface area contributed by atoms with Crippen LogP contribution in [0.1, 0.15) is 65.7 Å². The van der Waals surface area contributed by atoms with Crippen molar-refractivity contribution in [3.05, 3.63) is 0 Å². The van der Waals surface area contributed by atoms with Crippen LogP contribution in [0.4, 0.5) is 4.79 Å². The van der Waals surface area contributed by atoms with Gasteiger partial charge >= 0.3 is 6.03 Å². The summed E-state index contributed by atoms with van der Waals surface area (Å²) in [6.07, 6.45) is 5.50. The van der Waals surface area contributed by atoms with Gasteiger partial charge in [-0.1, -0.05) is 26.2 Å². The molecule has 0 aromatic carbocycles. The van der Waals surface area contributed by atoms with Crippen LogP contribution in [0.2, 0.25) is 0 Å². The monoisotopic (exact) mass is 280 g/mol. The average molecular weight is 280 g/mol. The molecule has 2 rings (SSSR count). The van der Waals surface area contributed by atoms with Gasteiger partial charge in [0, 0.05) is 11.6 Å². The molecule has 5 heteroatoms. The van der Waals surface area contributed by atoms with Crippen LogP contribution in [0, 0.1) is 0 Å². The predicted octanol–water partition coefficient (Wildman–Crippen LogP) is 2.69. The highest BCUT2D eigenvalue weighted by Gasteiger charge is 2.46. The van der Waals surface area contributed by atoms with Crippen molar-refractivity contribution in [1.29, 1.82) is 0 Å². The van der Waals surface area contributed by atoms with Crippen molar-refractivity contribution < 1.29 is 14.4 Å². The van der Waals surface area contributed by atoms with Crippen LogP contribution in [0.25, 0.3) is 0 Å². The highest BCUT2D eigenvalue weighted by atomic mass is 16.2. The van der Waals surface area contributed by atoms with Crippen LogP contribution in [0.3, 0.4) is 0 Å². The summed E-state index contributed by atoms with van der Waals surface area (Å²) in [4.78, 5) is 39.6. The summed E-state index contributed by atoms with van der Waals surface area (Å²) in [5, 5.41) is 0. The van der Waals surface area contributed by atoms with Crippen molar-refractivity contribution in [3.63, 3.8) is 0 Å². The fraction of sp³-hybridized carbons (Fsp3) is 0.800. The van der Waals surface area contributed by atoms with E-state index in [4.69, 9.17) is 0 Å². The van der Waals surface area contributed by atoms with Gasteiger partial charge in [0.2, 0.25) is 11.8 Å². The molecule has 0 bridgehead atoms. The van der Waals surface area contributed by atoms with Gasteiger partial charge in [0.15, 0.2) is 0 Å². The molecule has 0 radical (unpaired) electrons. The number of hydrogen-bond acceptors (Lipinski definition) is 3. The molecule has 5 nitrogen and oxygen atoms in total. The summed E-state index contributed by atoms with van der Waals surface area (Å²) in [5.41, 5.74) is -0.540. The molecular formula is C15H24N2O3. The topological polar surface area (TPSA) is 57.7 Å². The molecule has 1 heterocycles. The minimum absolute atomic E-state index is 0.0213. The second kappa shape index (κ2) is 5.54. The zero-order chi connectivity index (χ0) is 14.9. The van der Waals surface area contributed by atoms with Crippen LogP contribution in [-0.4, -0.2) is 39.2 Å². The van der Waals surface area contributed by atoms with E-state index in [9.17, 15) is 14.4 Å². The minimum atomic E-state index is -0.540. The van der Waals surface area contributed by atoms with Crippen molar-refractivity contribution in [1.82, 2.24) is 9.80 Å². The molecule has 0 spiro atoms. The molecule has 2 aliphatic rings. The van der Waals surface area contributed by atoms with E-state index in [1.807, 2.05) is 20.8 Å². The van der Waals surface area contributed by atoms with Gasteiger partial charge in [0.05, 0.1) is 0 Å². The van der Waals surface area contributed by atoms with Crippen molar-refractivity contribution in [2.24, 2.45) is 0 Å². The molecule has 1 aliphatic heterocycles. The van der Waals surface area contributed by atoms with Crippen molar-refractivity contribution >= 4 is 17.8 Å². The lowest BCUT2D eigenvalue weighted by molar-refractivity contribution is -0.147. The number of carbonyl (C=O) groups is 3. The largest absolute Gasteiger partial charge is 0.334 e. The Bertz CT molecular complexity index is 425. The molecule has 4 amide bonds. The highest BCUT2D eigenvalue weighted by Crippen LogP contribution is 2.30. The van der Waals surface area contributed by atoms with E-state index in [1.54, 1.807) is 0 Å². The second-order valence-electron chi connectivity index (χ2n) is 6.41. The van der Waals surface area contributed by atoms with E-state index in [2.05, 4.69) is 0 Å².